The van der Waals surface area contributed by atoms with E-state index in [9.17, 15) is 0 Å². The third-order valence-electron chi connectivity index (χ3n) is 1.44. The fraction of sp³-hybridized carbons (Fsp3) is 0.143. The molecule has 0 fully saturated rings. The Hall–Kier alpha value is -0.700. The Labute approximate surface area is 67.2 Å². The maximum Gasteiger partial charge on any atom is 0.112 e. The van der Waals surface area contributed by atoms with E-state index in [2.05, 4.69) is 25.9 Å². The number of halogens is 1. The Kier molecular flexibility index (Phi) is 1.31. The number of hydrogen-bond donors (Lipinski definition) is 0. The lowest BCUT2D eigenvalue weighted by Crippen LogP contribution is -2.14. The summed E-state index contributed by atoms with van der Waals surface area (Å²) in [6, 6.07) is 0.182. The maximum absolute atomic E-state index is 4.21. The summed E-state index contributed by atoms with van der Waals surface area (Å²) >= 11 is 3.33. The molecule has 2 nitrogen and oxygen atoms in total. The van der Waals surface area contributed by atoms with Crippen molar-refractivity contribution in [2.24, 2.45) is 9.98 Å². The molecule has 0 radical (unpaired) electrons. The summed E-state index contributed by atoms with van der Waals surface area (Å²) in [6.07, 6.45) is 7.55. The average molecular weight is 197 g/mol. The van der Waals surface area contributed by atoms with Crippen LogP contribution in [0.2, 0.25) is 0 Å². The molecule has 3 heteroatoms. The zero-order chi connectivity index (χ0) is 6.97. The van der Waals surface area contributed by atoms with E-state index in [0.29, 0.717) is 0 Å². The van der Waals surface area contributed by atoms with Crippen LogP contribution in [0, 0.1) is 0 Å². The predicted molar refractivity (Wildman–Crippen MR) is 45.9 cm³/mol. The van der Waals surface area contributed by atoms with Gasteiger partial charge in [0.1, 0.15) is 6.04 Å². The van der Waals surface area contributed by atoms with Crippen LogP contribution in [0.5, 0.6) is 0 Å². The molecule has 0 N–H and O–H groups in total. The number of rotatable bonds is 0. The van der Waals surface area contributed by atoms with E-state index >= 15 is 0 Å². The standard InChI is InChI=1S/C7H5BrN2/c8-5-3-7-6(10-4-5)1-2-9-7/h1-4,6H/t6-/m0/s1. The normalized spacial score (nSPS) is 27.9. The number of fused-ring (bicyclic) bond motifs is 1. The number of hydrogen-bond acceptors (Lipinski definition) is 2. The Morgan fingerprint density at radius 3 is 3.30 bits per heavy atom. The molecular formula is C7H5BrN2. The van der Waals surface area contributed by atoms with Gasteiger partial charge in [0, 0.05) is 16.9 Å². The molecule has 0 saturated heterocycles. The van der Waals surface area contributed by atoms with Crippen molar-refractivity contribution in [3.05, 3.63) is 22.8 Å². The summed E-state index contributed by atoms with van der Waals surface area (Å²) < 4.78 is 0.992. The highest BCUT2D eigenvalue weighted by atomic mass is 79.9. The second kappa shape index (κ2) is 2.16. The first-order valence-electron chi connectivity index (χ1n) is 3.01. The molecule has 2 aliphatic heterocycles. The minimum atomic E-state index is 0.182. The minimum Gasteiger partial charge on any atom is -0.278 e. The highest BCUT2D eigenvalue weighted by molar-refractivity contribution is 9.12. The molecule has 1 atom stereocenters. The van der Waals surface area contributed by atoms with Gasteiger partial charge < -0.3 is 0 Å². The minimum absolute atomic E-state index is 0.182. The van der Waals surface area contributed by atoms with Gasteiger partial charge in [-0.15, -0.1) is 0 Å². The molecule has 0 unspecified atom stereocenters. The summed E-state index contributed by atoms with van der Waals surface area (Å²) in [6.45, 7) is 0. The van der Waals surface area contributed by atoms with Crippen molar-refractivity contribution in [2.45, 2.75) is 6.04 Å². The number of nitrogens with zero attached hydrogens (tertiary/aromatic N) is 2. The third kappa shape index (κ3) is 0.865. The van der Waals surface area contributed by atoms with Gasteiger partial charge in [-0.3, -0.25) is 9.98 Å². The van der Waals surface area contributed by atoms with Crippen molar-refractivity contribution in [3.8, 4) is 0 Å². The SMILES string of the molecule is BrC1=CC2=NC=C[C@@H]2N=C1. The zero-order valence-corrected chi connectivity index (χ0v) is 6.75. The van der Waals surface area contributed by atoms with Gasteiger partial charge in [-0.25, -0.2) is 0 Å². The lowest BCUT2D eigenvalue weighted by Gasteiger charge is -2.06. The molecule has 0 spiro atoms. The second-order valence-electron chi connectivity index (χ2n) is 2.15. The van der Waals surface area contributed by atoms with E-state index in [1.165, 1.54) is 0 Å². The lowest BCUT2D eigenvalue weighted by molar-refractivity contribution is 1.11. The van der Waals surface area contributed by atoms with Crippen LogP contribution in [-0.4, -0.2) is 18.0 Å². The van der Waals surface area contributed by atoms with Crippen LogP contribution in [-0.2, 0) is 0 Å². The average Bonchev–Trinajstić information content (AvgIpc) is 2.33. The van der Waals surface area contributed by atoms with E-state index in [1.807, 2.05) is 12.2 Å². The van der Waals surface area contributed by atoms with E-state index in [0.717, 1.165) is 10.2 Å². The molecule has 2 rings (SSSR count). The van der Waals surface area contributed by atoms with Gasteiger partial charge in [0.15, 0.2) is 0 Å². The van der Waals surface area contributed by atoms with E-state index < -0.39 is 0 Å². The topological polar surface area (TPSA) is 24.7 Å². The van der Waals surface area contributed by atoms with Gasteiger partial charge in [-0.1, -0.05) is 0 Å². The van der Waals surface area contributed by atoms with Gasteiger partial charge in [0.2, 0.25) is 0 Å². The van der Waals surface area contributed by atoms with Crippen molar-refractivity contribution in [3.63, 3.8) is 0 Å². The molecule has 0 bridgehead atoms. The quantitative estimate of drug-likeness (QED) is 0.564. The van der Waals surface area contributed by atoms with Crippen LogP contribution >= 0.6 is 15.9 Å². The van der Waals surface area contributed by atoms with Gasteiger partial charge >= 0.3 is 0 Å². The Balaban J connectivity index is 2.39. The van der Waals surface area contributed by atoms with Crippen LogP contribution < -0.4 is 0 Å². The van der Waals surface area contributed by atoms with Crippen LogP contribution in [0.4, 0.5) is 0 Å². The molecule has 0 aromatic heterocycles. The van der Waals surface area contributed by atoms with Crippen molar-refractivity contribution >= 4 is 27.9 Å². The number of allylic oxidation sites excluding steroid dienone is 1. The van der Waals surface area contributed by atoms with E-state index in [1.54, 1.807) is 12.4 Å². The Bertz CT molecular complexity index is 273. The maximum atomic E-state index is 4.21. The van der Waals surface area contributed by atoms with Gasteiger partial charge in [0.05, 0.1) is 5.71 Å². The summed E-state index contributed by atoms with van der Waals surface area (Å²) in [5, 5.41) is 0. The molecule has 2 aliphatic rings. The fourth-order valence-corrected chi connectivity index (χ4v) is 1.32. The molecule has 0 aromatic rings. The summed E-state index contributed by atoms with van der Waals surface area (Å²) in [4.78, 5) is 8.34. The Morgan fingerprint density at radius 1 is 1.50 bits per heavy atom. The molecule has 0 aromatic carbocycles. The largest absolute Gasteiger partial charge is 0.278 e. The van der Waals surface area contributed by atoms with Gasteiger partial charge in [-0.2, -0.15) is 0 Å². The molecule has 10 heavy (non-hydrogen) atoms. The van der Waals surface area contributed by atoms with Crippen molar-refractivity contribution < 1.29 is 0 Å². The Morgan fingerprint density at radius 2 is 2.40 bits per heavy atom. The summed E-state index contributed by atoms with van der Waals surface area (Å²) in [5.41, 5.74) is 1.02. The monoisotopic (exact) mass is 196 g/mol. The number of dihydropyridines is 1. The van der Waals surface area contributed by atoms with Crippen LogP contribution in [0.1, 0.15) is 0 Å². The summed E-state index contributed by atoms with van der Waals surface area (Å²) in [7, 11) is 0. The van der Waals surface area contributed by atoms with E-state index in [4.69, 9.17) is 0 Å². The molecule has 0 saturated carbocycles. The highest BCUT2D eigenvalue weighted by Gasteiger charge is 2.15. The van der Waals surface area contributed by atoms with Crippen molar-refractivity contribution in [2.75, 3.05) is 0 Å². The van der Waals surface area contributed by atoms with Crippen LogP contribution in [0.3, 0.4) is 0 Å². The third-order valence-corrected chi connectivity index (χ3v) is 1.87. The molecule has 2 heterocycles. The second-order valence-corrected chi connectivity index (χ2v) is 3.06. The summed E-state index contributed by atoms with van der Waals surface area (Å²) in [5.74, 6) is 0. The molecule has 0 aliphatic carbocycles. The van der Waals surface area contributed by atoms with Crippen molar-refractivity contribution in [1.29, 1.82) is 0 Å². The van der Waals surface area contributed by atoms with E-state index in [-0.39, 0.29) is 6.04 Å². The van der Waals surface area contributed by atoms with Crippen LogP contribution in [0.15, 0.2) is 32.8 Å². The first-order valence-corrected chi connectivity index (χ1v) is 3.80. The highest BCUT2D eigenvalue weighted by Crippen LogP contribution is 2.15. The fourth-order valence-electron chi connectivity index (χ4n) is 0.964. The van der Waals surface area contributed by atoms with Crippen molar-refractivity contribution in [1.82, 2.24) is 0 Å². The predicted octanol–water partition coefficient (Wildman–Crippen LogP) is 1.69. The first-order chi connectivity index (χ1) is 4.86. The smallest absolute Gasteiger partial charge is 0.112 e. The lowest BCUT2D eigenvalue weighted by atomic mass is 10.1. The van der Waals surface area contributed by atoms with Gasteiger partial charge in [0.25, 0.3) is 0 Å². The van der Waals surface area contributed by atoms with Crippen LogP contribution in [0.25, 0.3) is 0 Å². The number of aliphatic imine (C=N–C) groups is 2. The van der Waals surface area contributed by atoms with Gasteiger partial charge in [-0.05, 0) is 28.1 Å². The molecular weight excluding hydrogens is 192 g/mol. The molecule has 0 amide bonds. The molecule has 50 valence electrons. The first kappa shape index (κ1) is 6.04. The zero-order valence-electron chi connectivity index (χ0n) is 5.16.